The van der Waals surface area contributed by atoms with Crippen LogP contribution in [0.1, 0.15) is 15.9 Å². The van der Waals surface area contributed by atoms with Crippen LogP contribution >= 0.6 is 0 Å². The zero-order valence-corrected chi connectivity index (χ0v) is 12.0. The van der Waals surface area contributed by atoms with Crippen LogP contribution in [-0.2, 0) is 6.54 Å². The Morgan fingerprint density at radius 1 is 1.09 bits per heavy atom. The summed E-state index contributed by atoms with van der Waals surface area (Å²) in [7, 11) is 0. The fraction of sp³-hybridized carbons (Fsp3) is 0.0625. The van der Waals surface area contributed by atoms with Gasteiger partial charge in [0.15, 0.2) is 0 Å². The van der Waals surface area contributed by atoms with Gasteiger partial charge in [0.1, 0.15) is 5.56 Å². The van der Waals surface area contributed by atoms with Crippen molar-refractivity contribution in [2.24, 2.45) is 0 Å². The summed E-state index contributed by atoms with van der Waals surface area (Å²) in [4.78, 5) is 27.8. The maximum atomic E-state index is 11.4. The van der Waals surface area contributed by atoms with E-state index in [1.807, 2.05) is 12.1 Å². The Balaban J connectivity index is 1.90. The van der Waals surface area contributed by atoms with E-state index in [-0.39, 0.29) is 5.56 Å². The third-order valence-corrected chi connectivity index (χ3v) is 3.13. The van der Waals surface area contributed by atoms with E-state index in [4.69, 9.17) is 0 Å². The molecule has 0 bridgehead atoms. The molecule has 3 aromatic heterocycles. The molecule has 0 aromatic carbocycles. The summed E-state index contributed by atoms with van der Waals surface area (Å²) in [6.45, 7) is 0.493. The minimum Gasteiger partial charge on any atom is -0.478 e. The summed E-state index contributed by atoms with van der Waals surface area (Å²) in [5.74, 6) is -0.736. The average molecular weight is 307 g/mol. The Labute approximate surface area is 132 Å². The van der Waals surface area contributed by atoms with Crippen LogP contribution in [0.15, 0.2) is 55.2 Å². The number of hydrogen-bond acceptors (Lipinski definition) is 6. The molecule has 0 saturated heterocycles. The van der Waals surface area contributed by atoms with Gasteiger partial charge in [-0.1, -0.05) is 6.07 Å². The first-order valence-electron chi connectivity index (χ1n) is 6.87. The SMILES string of the molecule is O=C(O)c1cnc(NCc2cccnc2)nc1-c1cccnc1. The number of aromatic nitrogens is 4. The normalized spacial score (nSPS) is 10.3. The third kappa shape index (κ3) is 3.46. The molecule has 0 atom stereocenters. The number of anilines is 1. The number of rotatable bonds is 5. The van der Waals surface area contributed by atoms with Crippen molar-refractivity contribution >= 4 is 11.9 Å². The summed E-state index contributed by atoms with van der Waals surface area (Å²) in [6.07, 6.45) is 7.92. The van der Waals surface area contributed by atoms with Gasteiger partial charge in [0.05, 0.1) is 5.69 Å². The van der Waals surface area contributed by atoms with Gasteiger partial charge < -0.3 is 10.4 Å². The first-order chi connectivity index (χ1) is 11.2. The Bertz CT molecular complexity index is 809. The number of nitrogens with zero attached hydrogens (tertiary/aromatic N) is 4. The lowest BCUT2D eigenvalue weighted by atomic mass is 10.1. The Hall–Kier alpha value is -3.35. The molecular weight excluding hydrogens is 294 g/mol. The van der Waals surface area contributed by atoms with Gasteiger partial charge in [0.2, 0.25) is 5.95 Å². The minimum atomic E-state index is -1.08. The molecule has 2 N–H and O–H groups in total. The topological polar surface area (TPSA) is 101 Å². The van der Waals surface area contributed by atoms with E-state index >= 15 is 0 Å². The Morgan fingerprint density at radius 2 is 1.87 bits per heavy atom. The van der Waals surface area contributed by atoms with Crippen molar-refractivity contribution < 1.29 is 9.90 Å². The number of carbonyl (C=O) groups is 1. The summed E-state index contributed by atoms with van der Waals surface area (Å²) in [6, 6.07) is 7.25. The van der Waals surface area contributed by atoms with E-state index < -0.39 is 5.97 Å². The molecule has 0 spiro atoms. The fourth-order valence-corrected chi connectivity index (χ4v) is 2.03. The van der Waals surface area contributed by atoms with E-state index in [0.29, 0.717) is 23.8 Å². The summed E-state index contributed by atoms with van der Waals surface area (Å²) < 4.78 is 0. The van der Waals surface area contributed by atoms with Gasteiger partial charge >= 0.3 is 5.97 Å². The molecule has 0 aliphatic heterocycles. The van der Waals surface area contributed by atoms with Crippen molar-refractivity contribution in [3.8, 4) is 11.3 Å². The van der Waals surface area contributed by atoms with Crippen LogP contribution in [0.2, 0.25) is 0 Å². The van der Waals surface area contributed by atoms with Crippen molar-refractivity contribution in [2.75, 3.05) is 5.32 Å². The largest absolute Gasteiger partial charge is 0.478 e. The first-order valence-corrected chi connectivity index (χ1v) is 6.87. The van der Waals surface area contributed by atoms with Gasteiger partial charge in [-0.25, -0.2) is 14.8 Å². The second kappa shape index (κ2) is 6.61. The quantitative estimate of drug-likeness (QED) is 0.745. The predicted octanol–water partition coefficient (Wildman–Crippen LogP) is 2.24. The molecule has 0 aliphatic rings. The highest BCUT2D eigenvalue weighted by Crippen LogP contribution is 2.21. The lowest BCUT2D eigenvalue weighted by molar-refractivity contribution is 0.0697. The fourth-order valence-electron chi connectivity index (χ4n) is 2.03. The van der Waals surface area contributed by atoms with Crippen molar-refractivity contribution in [3.63, 3.8) is 0 Å². The molecular formula is C16H13N5O2. The molecule has 3 heterocycles. The van der Waals surface area contributed by atoms with Crippen LogP contribution in [0, 0.1) is 0 Å². The van der Waals surface area contributed by atoms with Crippen LogP contribution in [0.5, 0.6) is 0 Å². The molecule has 23 heavy (non-hydrogen) atoms. The molecule has 114 valence electrons. The number of carboxylic acids is 1. The molecule has 0 amide bonds. The third-order valence-electron chi connectivity index (χ3n) is 3.13. The Kier molecular flexibility index (Phi) is 4.19. The van der Waals surface area contributed by atoms with E-state index in [9.17, 15) is 9.90 Å². The van der Waals surface area contributed by atoms with E-state index in [0.717, 1.165) is 5.56 Å². The first kappa shape index (κ1) is 14.6. The maximum Gasteiger partial charge on any atom is 0.339 e. The highest BCUT2D eigenvalue weighted by atomic mass is 16.4. The van der Waals surface area contributed by atoms with E-state index in [1.165, 1.54) is 6.20 Å². The lowest BCUT2D eigenvalue weighted by Gasteiger charge is -2.09. The average Bonchev–Trinajstić information content (AvgIpc) is 2.61. The molecule has 0 unspecified atom stereocenters. The standard InChI is InChI=1S/C16H13N5O2/c22-15(23)13-10-20-16(19-8-11-3-1-5-17-7-11)21-14(13)12-4-2-6-18-9-12/h1-7,9-10H,8H2,(H,22,23)(H,19,20,21). The van der Waals surface area contributed by atoms with Gasteiger partial charge in [-0.2, -0.15) is 0 Å². The van der Waals surface area contributed by atoms with Crippen molar-refractivity contribution in [3.05, 3.63) is 66.4 Å². The van der Waals surface area contributed by atoms with Crippen LogP contribution in [0.3, 0.4) is 0 Å². The molecule has 0 saturated carbocycles. The molecule has 0 aliphatic carbocycles. The molecule has 3 rings (SSSR count). The van der Waals surface area contributed by atoms with E-state index in [2.05, 4.69) is 25.3 Å². The molecule has 7 nitrogen and oxygen atoms in total. The van der Waals surface area contributed by atoms with Gasteiger partial charge in [-0.05, 0) is 23.8 Å². The zero-order valence-electron chi connectivity index (χ0n) is 12.0. The second-order valence-corrected chi connectivity index (χ2v) is 4.72. The summed E-state index contributed by atoms with van der Waals surface area (Å²) >= 11 is 0. The maximum absolute atomic E-state index is 11.4. The molecule has 7 heteroatoms. The number of carboxylic acid groups (broad SMARTS) is 1. The summed E-state index contributed by atoms with van der Waals surface area (Å²) in [5.41, 5.74) is 1.96. The van der Waals surface area contributed by atoms with E-state index in [1.54, 1.807) is 36.9 Å². The minimum absolute atomic E-state index is 0.0323. The van der Waals surface area contributed by atoms with Gasteiger partial charge in [-0.3, -0.25) is 9.97 Å². The van der Waals surface area contributed by atoms with Gasteiger partial charge in [0.25, 0.3) is 0 Å². The van der Waals surface area contributed by atoms with Crippen LogP contribution in [0.4, 0.5) is 5.95 Å². The second-order valence-electron chi connectivity index (χ2n) is 4.72. The number of nitrogens with one attached hydrogen (secondary N) is 1. The van der Waals surface area contributed by atoms with Gasteiger partial charge in [-0.15, -0.1) is 0 Å². The predicted molar refractivity (Wildman–Crippen MR) is 83.8 cm³/mol. The van der Waals surface area contributed by atoms with Crippen LogP contribution in [0.25, 0.3) is 11.3 Å². The van der Waals surface area contributed by atoms with Crippen LogP contribution in [-0.4, -0.2) is 31.0 Å². The molecule has 0 radical (unpaired) electrons. The number of hydrogen-bond donors (Lipinski definition) is 2. The molecule has 3 aromatic rings. The van der Waals surface area contributed by atoms with Crippen molar-refractivity contribution in [2.45, 2.75) is 6.54 Å². The summed E-state index contributed by atoms with van der Waals surface area (Å²) in [5, 5.41) is 12.4. The highest BCUT2D eigenvalue weighted by Gasteiger charge is 2.15. The number of pyridine rings is 2. The zero-order chi connectivity index (χ0) is 16.1. The van der Waals surface area contributed by atoms with Crippen LogP contribution < -0.4 is 5.32 Å². The van der Waals surface area contributed by atoms with Gasteiger partial charge in [0, 0.05) is 43.1 Å². The number of aromatic carboxylic acids is 1. The molecule has 0 fully saturated rings. The van der Waals surface area contributed by atoms with Crippen molar-refractivity contribution in [1.29, 1.82) is 0 Å². The smallest absolute Gasteiger partial charge is 0.339 e. The Morgan fingerprint density at radius 3 is 2.52 bits per heavy atom. The lowest BCUT2D eigenvalue weighted by Crippen LogP contribution is -2.08. The monoisotopic (exact) mass is 307 g/mol. The van der Waals surface area contributed by atoms with Crippen molar-refractivity contribution in [1.82, 2.24) is 19.9 Å². The highest BCUT2D eigenvalue weighted by molar-refractivity contribution is 5.94.